The average Bonchev–Trinajstić information content (AvgIpc) is 3.36. The normalized spacial score (nSPS) is 23.9. The number of pyridine rings is 1. The van der Waals surface area contributed by atoms with Gasteiger partial charge in [-0.25, -0.2) is 14.5 Å². The molecule has 0 aromatic carbocycles. The molecule has 1 saturated carbocycles. The van der Waals surface area contributed by atoms with Gasteiger partial charge in [0.1, 0.15) is 23.2 Å². The molecule has 0 bridgehead atoms. The van der Waals surface area contributed by atoms with Gasteiger partial charge in [-0.15, -0.1) is 5.10 Å². The standard InChI is InChI=1S/C22H24N6O3/c1-13-12-29-7-6-27(13)22-16-10-19(31-18(16)4-5-24-22)17-11-25-20-2-3-21(26-28(17)20)30-15-8-14(23)9-15/h2-5,10-11,13-15H,6-9,12,23H2,1H3/t13-,14?,15?/m1/s1. The van der Waals surface area contributed by atoms with Crippen LogP contribution in [0.2, 0.25) is 0 Å². The molecule has 1 atom stereocenters. The van der Waals surface area contributed by atoms with E-state index in [2.05, 4.69) is 26.9 Å². The maximum Gasteiger partial charge on any atom is 0.232 e. The molecule has 1 aliphatic carbocycles. The fourth-order valence-corrected chi connectivity index (χ4v) is 4.31. The number of furan rings is 1. The monoisotopic (exact) mass is 420 g/mol. The maximum absolute atomic E-state index is 6.20. The highest BCUT2D eigenvalue weighted by Crippen LogP contribution is 2.34. The Morgan fingerprint density at radius 2 is 2.10 bits per heavy atom. The lowest BCUT2D eigenvalue weighted by molar-refractivity contribution is 0.0944. The van der Waals surface area contributed by atoms with Crippen molar-refractivity contribution in [2.24, 2.45) is 5.73 Å². The van der Waals surface area contributed by atoms with Gasteiger partial charge in [-0.3, -0.25) is 0 Å². The lowest BCUT2D eigenvalue weighted by Gasteiger charge is -2.34. The van der Waals surface area contributed by atoms with Crippen LogP contribution >= 0.6 is 0 Å². The molecule has 0 unspecified atom stereocenters. The minimum Gasteiger partial charge on any atom is -0.473 e. The van der Waals surface area contributed by atoms with Crippen molar-refractivity contribution in [2.45, 2.75) is 38.0 Å². The number of nitrogens with zero attached hydrogens (tertiary/aromatic N) is 5. The number of rotatable bonds is 4. The summed E-state index contributed by atoms with van der Waals surface area (Å²) in [4.78, 5) is 11.4. The van der Waals surface area contributed by atoms with Gasteiger partial charge in [-0.05, 0) is 38.0 Å². The van der Waals surface area contributed by atoms with E-state index in [0.29, 0.717) is 24.9 Å². The second kappa shape index (κ2) is 7.21. The first-order valence-corrected chi connectivity index (χ1v) is 10.7. The van der Waals surface area contributed by atoms with Gasteiger partial charge in [0.15, 0.2) is 11.4 Å². The number of nitrogens with two attached hydrogens (primary N) is 1. The van der Waals surface area contributed by atoms with E-state index in [1.807, 2.05) is 24.3 Å². The smallest absolute Gasteiger partial charge is 0.232 e. The Morgan fingerprint density at radius 1 is 1.19 bits per heavy atom. The molecule has 2 aliphatic rings. The molecule has 160 valence electrons. The van der Waals surface area contributed by atoms with Crippen LogP contribution in [-0.2, 0) is 4.74 Å². The first-order chi connectivity index (χ1) is 15.2. The van der Waals surface area contributed by atoms with Crippen LogP contribution in [0.4, 0.5) is 5.82 Å². The summed E-state index contributed by atoms with van der Waals surface area (Å²) >= 11 is 0. The van der Waals surface area contributed by atoms with Crippen LogP contribution < -0.4 is 15.4 Å². The van der Waals surface area contributed by atoms with Crippen LogP contribution in [0.15, 0.2) is 41.1 Å². The van der Waals surface area contributed by atoms with Crippen molar-refractivity contribution in [2.75, 3.05) is 24.7 Å². The van der Waals surface area contributed by atoms with Gasteiger partial charge in [0.05, 0.1) is 30.8 Å². The number of ether oxygens (including phenoxy) is 2. The topological polar surface area (TPSA) is 104 Å². The summed E-state index contributed by atoms with van der Waals surface area (Å²) in [6, 6.07) is 8.13. The van der Waals surface area contributed by atoms with Crippen molar-refractivity contribution < 1.29 is 13.9 Å². The fraction of sp³-hybridized carbons (Fsp3) is 0.409. The van der Waals surface area contributed by atoms with E-state index in [1.54, 1.807) is 16.9 Å². The summed E-state index contributed by atoms with van der Waals surface area (Å²) in [7, 11) is 0. The number of morpholine rings is 1. The molecule has 0 spiro atoms. The molecule has 0 amide bonds. The number of aromatic nitrogens is 4. The Balaban J connectivity index is 1.38. The number of anilines is 1. The summed E-state index contributed by atoms with van der Waals surface area (Å²) in [5.41, 5.74) is 8.14. The summed E-state index contributed by atoms with van der Waals surface area (Å²) < 4.78 is 19.5. The third-order valence-electron chi connectivity index (χ3n) is 6.07. The Kier molecular flexibility index (Phi) is 4.32. The Bertz CT molecular complexity index is 1240. The van der Waals surface area contributed by atoms with Gasteiger partial charge in [0.2, 0.25) is 5.88 Å². The second-order valence-electron chi connectivity index (χ2n) is 8.33. The van der Waals surface area contributed by atoms with Crippen molar-refractivity contribution in [3.63, 3.8) is 0 Å². The zero-order valence-electron chi connectivity index (χ0n) is 17.3. The highest BCUT2D eigenvalue weighted by molar-refractivity contribution is 5.92. The molecule has 1 aliphatic heterocycles. The van der Waals surface area contributed by atoms with E-state index in [1.165, 1.54) is 0 Å². The molecule has 6 rings (SSSR count). The van der Waals surface area contributed by atoms with E-state index < -0.39 is 0 Å². The number of hydrogen-bond donors (Lipinski definition) is 1. The largest absolute Gasteiger partial charge is 0.473 e. The minimum atomic E-state index is 0.127. The lowest BCUT2D eigenvalue weighted by atomic mass is 9.90. The maximum atomic E-state index is 6.20. The molecular weight excluding hydrogens is 396 g/mol. The molecule has 0 radical (unpaired) electrons. The van der Waals surface area contributed by atoms with Crippen LogP contribution in [0.1, 0.15) is 19.8 Å². The van der Waals surface area contributed by atoms with Crippen LogP contribution in [-0.4, -0.2) is 57.5 Å². The van der Waals surface area contributed by atoms with Crippen LogP contribution in [0.5, 0.6) is 5.88 Å². The number of hydrogen-bond acceptors (Lipinski definition) is 8. The third kappa shape index (κ3) is 3.21. The first kappa shape index (κ1) is 18.6. The molecule has 4 aromatic heterocycles. The van der Waals surface area contributed by atoms with Crippen LogP contribution in [0.25, 0.3) is 28.1 Å². The molecule has 2 N–H and O–H groups in total. The van der Waals surface area contributed by atoms with E-state index in [-0.39, 0.29) is 18.2 Å². The second-order valence-corrected chi connectivity index (χ2v) is 8.33. The highest BCUT2D eigenvalue weighted by Gasteiger charge is 2.28. The quantitative estimate of drug-likeness (QED) is 0.537. The summed E-state index contributed by atoms with van der Waals surface area (Å²) in [5, 5.41) is 5.61. The molecule has 1 saturated heterocycles. The van der Waals surface area contributed by atoms with Gasteiger partial charge in [-0.1, -0.05) is 0 Å². The number of fused-ring (bicyclic) bond motifs is 2. The average molecular weight is 420 g/mol. The zero-order valence-corrected chi connectivity index (χ0v) is 17.3. The Morgan fingerprint density at radius 3 is 2.94 bits per heavy atom. The molecule has 9 nitrogen and oxygen atoms in total. The van der Waals surface area contributed by atoms with Crippen LogP contribution in [0, 0.1) is 0 Å². The minimum absolute atomic E-state index is 0.127. The molecule has 31 heavy (non-hydrogen) atoms. The Labute approximate surface area is 178 Å². The summed E-state index contributed by atoms with van der Waals surface area (Å²) in [5.74, 6) is 2.16. The molecular formula is C22H24N6O3. The summed E-state index contributed by atoms with van der Waals surface area (Å²) in [6.07, 6.45) is 5.40. The van der Waals surface area contributed by atoms with E-state index >= 15 is 0 Å². The molecule has 9 heteroatoms. The van der Waals surface area contributed by atoms with Crippen molar-refractivity contribution in [1.29, 1.82) is 0 Å². The van der Waals surface area contributed by atoms with E-state index in [4.69, 9.17) is 19.6 Å². The first-order valence-electron chi connectivity index (χ1n) is 10.7. The highest BCUT2D eigenvalue weighted by atomic mass is 16.5. The predicted molar refractivity (Wildman–Crippen MR) is 115 cm³/mol. The van der Waals surface area contributed by atoms with E-state index in [9.17, 15) is 0 Å². The third-order valence-corrected chi connectivity index (χ3v) is 6.07. The van der Waals surface area contributed by atoms with Gasteiger partial charge in [0.25, 0.3) is 0 Å². The van der Waals surface area contributed by atoms with Crippen molar-refractivity contribution in [3.8, 4) is 17.3 Å². The van der Waals surface area contributed by atoms with Crippen LogP contribution in [0.3, 0.4) is 0 Å². The van der Waals surface area contributed by atoms with E-state index in [0.717, 1.165) is 47.5 Å². The van der Waals surface area contributed by atoms with Crippen molar-refractivity contribution in [1.82, 2.24) is 19.6 Å². The Hall–Kier alpha value is -3.17. The van der Waals surface area contributed by atoms with Crippen molar-refractivity contribution >= 4 is 22.4 Å². The summed E-state index contributed by atoms with van der Waals surface area (Å²) in [6.45, 7) is 4.33. The van der Waals surface area contributed by atoms with Gasteiger partial charge in [-0.2, -0.15) is 0 Å². The molecule has 5 heterocycles. The van der Waals surface area contributed by atoms with Gasteiger partial charge in [0, 0.05) is 24.8 Å². The fourth-order valence-electron chi connectivity index (χ4n) is 4.31. The zero-order chi connectivity index (χ0) is 20.9. The van der Waals surface area contributed by atoms with Gasteiger partial charge < -0.3 is 24.5 Å². The van der Waals surface area contributed by atoms with Crippen molar-refractivity contribution in [3.05, 3.63) is 36.7 Å². The molecule has 4 aromatic rings. The lowest BCUT2D eigenvalue weighted by Crippen LogP contribution is -2.44. The predicted octanol–water partition coefficient (Wildman–Crippen LogP) is 2.63. The number of imidazole rings is 1. The molecule has 2 fully saturated rings. The van der Waals surface area contributed by atoms with Gasteiger partial charge >= 0.3 is 0 Å². The SMILES string of the molecule is C[C@@H]1COCCN1c1nccc2oc(-c3cnc4ccc(OC5CC(N)C5)nn34)cc12.